The summed E-state index contributed by atoms with van der Waals surface area (Å²) in [7, 11) is 0. The van der Waals surface area contributed by atoms with Gasteiger partial charge in [0, 0.05) is 11.5 Å². The van der Waals surface area contributed by atoms with Gasteiger partial charge in [-0.15, -0.1) is 0 Å². The van der Waals surface area contributed by atoms with Crippen LogP contribution in [0.3, 0.4) is 0 Å². The molecule has 9 heteroatoms. The van der Waals surface area contributed by atoms with Crippen molar-refractivity contribution < 1.29 is 44.5 Å². The van der Waals surface area contributed by atoms with Crippen molar-refractivity contribution in [2.75, 3.05) is 6.61 Å². The van der Waals surface area contributed by atoms with Gasteiger partial charge in [0.25, 0.3) is 0 Å². The lowest BCUT2D eigenvalue weighted by Crippen LogP contribution is -2.66. The molecular weight excluding hydrogens is 492 g/mol. The fourth-order valence-corrected chi connectivity index (χ4v) is 9.91. The van der Waals surface area contributed by atoms with Crippen LogP contribution in [0.2, 0.25) is 0 Å². The van der Waals surface area contributed by atoms with Crippen LogP contribution in [0.25, 0.3) is 0 Å². The Kier molecular flexibility index (Phi) is 6.58. The largest absolute Gasteiger partial charge is 0.458 e. The molecular formula is C29H44O9. The van der Waals surface area contributed by atoms with Crippen molar-refractivity contribution in [2.24, 2.45) is 34.5 Å². The molecule has 0 amide bonds. The average molecular weight is 537 g/mol. The van der Waals surface area contributed by atoms with Gasteiger partial charge in [0.05, 0.1) is 23.9 Å². The number of aliphatic hydroxyl groups excluding tert-OH is 4. The first kappa shape index (κ1) is 27.1. The van der Waals surface area contributed by atoms with Crippen molar-refractivity contribution in [3.63, 3.8) is 0 Å². The molecule has 0 spiro atoms. The molecule has 6 rings (SSSR count). The van der Waals surface area contributed by atoms with Crippen LogP contribution in [0.1, 0.15) is 72.1 Å². The molecule has 1 saturated heterocycles. The lowest BCUT2D eigenvalue weighted by molar-refractivity contribution is -0.311. The minimum atomic E-state index is -1.32. The van der Waals surface area contributed by atoms with E-state index in [1.54, 1.807) is 13.0 Å². The standard InChI is InChI=1S/C29H44O9/c1-14-23(32)24(33)25(34)26(37-14)38-17-6-8-27(2)16(11-17)4-5-19-22(27)20(30)12-28(3)18(7-9-29(19,28)35)15-10-21(31)36-13-15/h10,14,16-20,22-26,30,32-35H,4-9,11-13H2,1-3H3/t14-,16-,17+,18-,19-,20-,22-,23-,24+,25-,26+,27+,28-,29+/m1/s1. The average Bonchev–Trinajstić information content (AvgIpc) is 3.41. The van der Waals surface area contributed by atoms with E-state index < -0.39 is 47.8 Å². The number of carbonyl (C=O) groups excluding carboxylic acids is 1. The van der Waals surface area contributed by atoms with E-state index >= 15 is 0 Å². The molecule has 5 N–H and O–H groups in total. The number of cyclic esters (lactones) is 1. The Morgan fingerprint density at radius 3 is 2.47 bits per heavy atom. The summed E-state index contributed by atoms with van der Waals surface area (Å²) >= 11 is 0. The minimum Gasteiger partial charge on any atom is -0.458 e. The quantitative estimate of drug-likeness (QED) is 0.267. The highest BCUT2D eigenvalue weighted by molar-refractivity contribution is 5.85. The predicted octanol–water partition coefficient (Wildman–Crippen LogP) is 1.43. The Morgan fingerprint density at radius 1 is 1.00 bits per heavy atom. The van der Waals surface area contributed by atoms with Crippen LogP contribution in [0.15, 0.2) is 11.6 Å². The van der Waals surface area contributed by atoms with Crippen LogP contribution in [0.4, 0.5) is 0 Å². The maximum Gasteiger partial charge on any atom is 0.331 e. The number of rotatable bonds is 3. The van der Waals surface area contributed by atoms with Gasteiger partial charge in [0.2, 0.25) is 0 Å². The zero-order valence-corrected chi connectivity index (χ0v) is 22.7. The van der Waals surface area contributed by atoms with Crippen LogP contribution in [0.5, 0.6) is 0 Å². The minimum absolute atomic E-state index is 0.0143. The third-order valence-corrected chi connectivity index (χ3v) is 12.0. The fourth-order valence-electron chi connectivity index (χ4n) is 9.91. The van der Waals surface area contributed by atoms with Gasteiger partial charge in [-0.3, -0.25) is 0 Å². The zero-order valence-electron chi connectivity index (χ0n) is 22.7. The van der Waals surface area contributed by atoms with Gasteiger partial charge in [-0.1, -0.05) is 13.8 Å². The molecule has 2 aliphatic heterocycles. The number of hydrogen-bond donors (Lipinski definition) is 5. The Hall–Kier alpha value is -1.07. The molecule has 0 aromatic carbocycles. The summed E-state index contributed by atoms with van der Waals surface area (Å²) in [4.78, 5) is 11.8. The van der Waals surface area contributed by atoms with Crippen LogP contribution in [-0.2, 0) is 19.0 Å². The first-order valence-electron chi connectivity index (χ1n) is 14.5. The molecule has 4 saturated carbocycles. The van der Waals surface area contributed by atoms with Gasteiger partial charge in [-0.25, -0.2) is 4.79 Å². The van der Waals surface area contributed by atoms with Crippen molar-refractivity contribution in [3.05, 3.63) is 11.6 Å². The van der Waals surface area contributed by atoms with E-state index in [1.807, 2.05) is 0 Å². The van der Waals surface area contributed by atoms with E-state index in [0.717, 1.165) is 44.1 Å². The third kappa shape index (κ3) is 3.80. The van der Waals surface area contributed by atoms with E-state index in [0.29, 0.717) is 18.8 Å². The molecule has 5 fully saturated rings. The second-order valence-electron chi connectivity index (χ2n) is 13.7. The van der Waals surface area contributed by atoms with E-state index in [1.165, 1.54) is 0 Å². The molecule has 0 radical (unpaired) electrons. The number of fused-ring (bicyclic) bond motifs is 5. The summed E-state index contributed by atoms with van der Waals surface area (Å²) in [6.45, 7) is 6.32. The number of ether oxygens (including phenoxy) is 3. The summed E-state index contributed by atoms with van der Waals surface area (Å²) in [5.41, 5.74) is -0.607. The molecule has 214 valence electrons. The second kappa shape index (κ2) is 9.23. The van der Waals surface area contributed by atoms with Crippen LogP contribution < -0.4 is 0 Å². The highest BCUT2D eigenvalue weighted by atomic mass is 16.7. The summed E-state index contributed by atoms with van der Waals surface area (Å²) < 4.78 is 17.1. The first-order chi connectivity index (χ1) is 17.9. The molecule has 4 aliphatic carbocycles. The topological polar surface area (TPSA) is 146 Å². The Labute approximate surface area is 224 Å². The van der Waals surface area contributed by atoms with E-state index in [4.69, 9.17) is 14.2 Å². The van der Waals surface area contributed by atoms with E-state index in [-0.39, 0.29) is 41.8 Å². The highest BCUT2D eigenvalue weighted by Gasteiger charge is 2.70. The monoisotopic (exact) mass is 536 g/mol. The lowest BCUT2D eigenvalue weighted by Gasteiger charge is -2.65. The fraction of sp³-hybridized carbons (Fsp3) is 0.897. The van der Waals surface area contributed by atoms with Crippen molar-refractivity contribution in [3.8, 4) is 0 Å². The van der Waals surface area contributed by atoms with Crippen molar-refractivity contribution in [1.82, 2.24) is 0 Å². The smallest absolute Gasteiger partial charge is 0.331 e. The number of aliphatic hydroxyl groups is 5. The van der Waals surface area contributed by atoms with Gasteiger partial charge in [-0.05, 0) is 93.0 Å². The predicted molar refractivity (Wildman–Crippen MR) is 134 cm³/mol. The zero-order chi connectivity index (χ0) is 27.2. The maximum absolute atomic E-state index is 12.4. The molecule has 0 unspecified atom stereocenters. The highest BCUT2D eigenvalue weighted by Crippen LogP contribution is 2.70. The van der Waals surface area contributed by atoms with Crippen LogP contribution in [-0.4, -0.2) is 86.6 Å². The Morgan fingerprint density at radius 2 is 1.76 bits per heavy atom. The van der Waals surface area contributed by atoms with Crippen LogP contribution in [0, 0.1) is 34.5 Å². The summed E-state index contributed by atoms with van der Waals surface area (Å²) in [5, 5.41) is 54.7. The van der Waals surface area contributed by atoms with Gasteiger partial charge >= 0.3 is 5.97 Å². The normalized spacial score (nSPS) is 56.5. The molecule has 0 bridgehead atoms. The molecule has 0 aromatic heterocycles. The van der Waals surface area contributed by atoms with Gasteiger partial charge in [0.15, 0.2) is 6.29 Å². The summed E-state index contributed by atoms with van der Waals surface area (Å²) in [5.74, 6) is -0.0314. The van der Waals surface area contributed by atoms with E-state index in [9.17, 15) is 30.3 Å². The Bertz CT molecular complexity index is 985. The van der Waals surface area contributed by atoms with Gasteiger partial charge < -0.3 is 39.7 Å². The molecule has 9 nitrogen and oxygen atoms in total. The number of esters is 1. The second-order valence-corrected chi connectivity index (χ2v) is 13.7. The lowest BCUT2D eigenvalue weighted by atomic mass is 9.42. The van der Waals surface area contributed by atoms with Gasteiger partial charge in [0.1, 0.15) is 24.9 Å². The van der Waals surface area contributed by atoms with Crippen LogP contribution >= 0.6 is 0 Å². The molecule has 2 heterocycles. The SMILES string of the molecule is C[C@H]1O[C@@H](O[C@H]2CC[C@@]3(C)[C@H](CC[C@@H]4[C@@H]3[C@H](O)C[C@]3(C)[C@@H](C5=CC(=O)OC5)CC[C@]43O)C2)[C@H](O)[C@@H](O)[C@@H]1O. The van der Waals surface area contributed by atoms with Crippen molar-refractivity contribution in [1.29, 1.82) is 0 Å². The molecule has 38 heavy (non-hydrogen) atoms. The van der Waals surface area contributed by atoms with Crippen molar-refractivity contribution in [2.45, 2.75) is 121 Å². The Balaban J connectivity index is 1.19. The maximum atomic E-state index is 12.4. The molecule has 0 aromatic rings. The number of carbonyl (C=O) groups is 1. The first-order valence-corrected chi connectivity index (χ1v) is 14.5. The van der Waals surface area contributed by atoms with Crippen molar-refractivity contribution >= 4 is 5.97 Å². The summed E-state index contributed by atoms with van der Waals surface area (Å²) in [6, 6.07) is 0. The summed E-state index contributed by atoms with van der Waals surface area (Å²) in [6.07, 6.45) is 1.49. The van der Waals surface area contributed by atoms with E-state index in [2.05, 4.69) is 13.8 Å². The molecule has 14 atom stereocenters. The number of hydrogen-bond acceptors (Lipinski definition) is 9. The van der Waals surface area contributed by atoms with Gasteiger partial charge in [-0.2, -0.15) is 0 Å². The third-order valence-electron chi connectivity index (χ3n) is 12.0. The molecule has 6 aliphatic rings.